The second-order valence-corrected chi connectivity index (χ2v) is 7.79. The first-order valence-electron chi connectivity index (χ1n) is 10.0. The van der Waals surface area contributed by atoms with E-state index in [9.17, 15) is 0 Å². The molecule has 4 nitrogen and oxygen atoms in total. The number of anilines is 4. The molecule has 4 aromatic rings. The Labute approximate surface area is 172 Å². The van der Waals surface area contributed by atoms with Crippen LogP contribution in [-0.4, -0.2) is 0 Å². The van der Waals surface area contributed by atoms with Crippen molar-refractivity contribution in [3.05, 3.63) is 105 Å². The van der Waals surface area contributed by atoms with Crippen molar-refractivity contribution in [2.24, 2.45) is 9.98 Å². The number of hydrogen-bond donors (Lipinski definition) is 2. The van der Waals surface area contributed by atoms with Crippen molar-refractivity contribution in [2.75, 3.05) is 10.6 Å². The van der Waals surface area contributed by atoms with Crippen LogP contribution in [0.3, 0.4) is 0 Å². The summed E-state index contributed by atoms with van der Waals surface area (Å²) in [6.45, 7) is 0. The summed E-state index contributed by atoms with van der Waals surface area (Å²) in [5.74, 6) is 0. The summed E-state index contributed by atoms with van der Waals surface area (Å²) in [5.41, 5.74) is 8.39. The standard InChI is InChI=1S/C26H16N4/c1-2-4-21-15(3-1)12-20-22(29-21)9-10-23-26(20)28-19-8-6-17-11-16-5-7-18(27-23)13-24(16)30-25(17)14-19/h1-14,29-30H. The number of benzene rings is 4. The van der Waals surface area contributed by atoms with Gasteiger partial charge in [-0.2, -0.15) is 0 Å². The van der Waals surface area contributed by atoms with E-state index in [-0.39, 0.29) is 0 Å². The van der Waals surface area contributed by atoms with Gasteiger partial charge in [0.05, 0.1) is 22.1 Å². The van der Waals surface area contributed by atoms with Gasteiger partial charge in [0.1, 0.15) is 0 Å². The summed E-state index contributed by atoms with van der Waals surface area (Å²) in [6, 6.07) is 25.0. The predicted molar refractivity (Wildman–Crippen MR) is 120 cm³/mol. The SMILES string of the molecule is C1=c2ccc3cc2Nc2cc(ccc21)N=c1c(ccc2c1=Cc1ccccc1N2)N=3. The summed E-state index contributed by atoms with van der Waals surface area (Å²) >= 11 is 0. The molecule has 140 valence electrons. The van der Waals surface area contributed by atoms with Crippen molar-refractivity contribution >= 4 is 46.3 Å². The van der Waals surface area contributed by atoms with E-state index in [1.165, 1.54) is 10.8 Å². The fourth-order valence-corrected chi connectivity index (χ4v) is 4.37. The molecular formula is C26H16N4. The highest BCUT2D eigenvalue weighted by atomic mass is 14.9. The third-order valence-electron chi connectivity index (χ3n) is 5.87. The number of nitrogens with one attached hydrogen (secondary N) is 2. The van der Waals surface area contributed by atoms with Gasteiger partial charge >= 0.3 is 0 Å². The monoisotopic (exact) mass is 384 g/mol. The molecule has 7 rings (SSSR count). The molecule has 0 saturated carbocycles. The van der Waals surface area contributed by atoms with Crippen LogP contribution in [0.1, 0.15) is 11.1 Å². The Morgan fingerprint density at radius 1 is 0.600 bits per heavy atom. The highest BCUT2D eigenvalue weighted by Crippen LogP contribution is 2.29. The topological polar surface area (TPSA) is 48.8 Å². The average Bonchev–Trinajstić information content (AvgIpc) is 2.79. The van der Waals surface area contributed by atoms with Crippen LogP contribution >= 0.6 is 0 Å². The highest BCUT2D eigenvalue weighted by molar-refractivity contribution is 5.81. The summed E-state index contributed by atoms with van der Waals surface area (Å²) in [6.07, 6.45) is 4.41. The Bertz CT molecular complexity index is 1650. The molecule has 0 aliphatic carbocycles. The lowest BCUT2D eigenvalue weighted by molar-refractivity contribution is 1.23. The first-order valence-corrected chi connectivity index (χ1v) is 10.0. The Morgan fingerprint density at radius 3 is 2.50 bits per heavy atom. The van der Waals surface area contributed by atoms with Gasteiger partial charge in [-0.25, -0.2) is 9.98 Å². The summed E-state index contributed by atoms with van der Waals surface area (Å²) in [4.78, 5) is 10.0. The molecule has 3 aliphatic heterocycles. The van der Waals surface area contributed by atoms with Gasteiger partial charge in [0.2, 0.25) is 0 Å². The van der Waals surface area contributed by atoms with Crippen molar-refractivity contribution in [3.63, 3.8) is 0 Å². The predicted octanol–water partition coefficient (Wildman–Crippen LogP) is 3.67. The lowest BCUT2D eigenvalue weighted by atomic mass is 10.0. The van der Waals surface area contributed by atoms with Crippen LogP contribution in [0, 0.1) is 0 Å². The molecule has 3 aliphatic rings. The molecule has 0 spiro atoms. The number of nitrogens with zero attached hydrogens (tertiary/aromatic N) is 2. The number of para-hydroxylation sites is 1. The van der Waals surface area contributed by atoms with E-state index in [0.29, 0.717) is 0 Å². The van der Waals surface area contributed by atoms with Gasteiger partial charge in [-0.3, -0.25) is 0 Å². The molecule has 0 aromatic heterocycles. The zero-order chi connectivity index (χ0) is 19.7. The molecule has 0 fully saturated rings. The van der Waals surface area contributed by atoms with E-state index in [1.54, 1.807) is 0 Å². The van der Waals surface area contributed by atoms with E-state index < -0.39 is 0 Å². The van der Waals surface area contributed by atoms with Crippen molar-refractivity contribution in [1.82, 2.24) is 0 Å². The van der Waals surface area contributed by atoms with Crippen molar-refractivity contribution < 1.29 is 0 Å². The third-order valence-corrected chi connectivity index (χ3v) is 5.87. The van der Waals surface area contributed by atoms with Gasteiger partial charge in [0.15, 0.2) is 0 Å². The van der Waals surface area contributed by atoms with E-state index in [0.717, 1.165) is 55.6 Å². The first kappa shape index (κ1) is 15.7. The lowest BCUT2D eigenvalue weighted by Gasteiger charge is -2.16. The summed E-state index contributed by atoms with van der Waals surface area (Å²) < 4.78 is 0. The van der Waals surface area contributed by atoms with Gasteiger partial charge in [0.25, 0.3) is 0 Å². The number of fused-ring (bicyclic) bond motifs is 6. The third kappa shape index (κ3) is 2.28. The Kier molecular flexibility index (Phi) is 2.97. The van der Waals surface area contributed by atoms with Gasteiger partial charge in [-0.15, -0.1) is 0 Å². The number of hydrogen-bond acceptors (Lipinski definition) is 4. The van der Waals surface area contributed by atoms with Gasteiger partial charge < -0.3 is 10.6 Å². The van der Waals surface area contributed by atoms with Crippen molar-refractivity contribution in [2.45, 2.75) is 0 Å². The van der Waals surface area contributed by atoms with Gasteiger partial charge in [-0.1, -0.05) is 30.3 Å². The maximum absolute atomic E-state index is 5.07. The Morgan fingerprint density at radius 2 is 1.50 bits per heavy atom. The second-order valence-electron chi connectivity index (χ2n) is 7.79. The fourth-order valence-electron chi connectivity index (χ4n) is 4.37. The summed E-state index contributed by atoms with van der Waals surface area (Å²) in [7, 11) is 0. The molecule has 3 heterocycles. The molecule has 0 saturated heterocycles. The first-order chi connectivity index (χ1) is 14.8. The minimum Gasteiger partial charge on any atom is -0.354 e. The largest absolute Gasteiger partial charge is 0.354 e. The van der Waals surface area contributed by atoms with Crippen LogP contribution < -0.4 is 31.8 Å². The highest BCUT2D eigenvalue weighted by Gasteiger charge is 2.14. The molecule has 0 atom stereocenters. The Hall–Kier alpha value is -4.18. The second kappa shape index (κ2) is 5.67. The zero-order valence-corrected chi connectivity index (χ0v) is 16.0. The minimum atomic E-state index is 0.862. The number of rotatable bonds is 0. The molecule has 0 radical (unpaired) electrons. The fraction of sp³-hybridized carbons (Fsp3) is 0. The molecule has 2 N–H and O–H groups in total. The smallest absolute Gasteiger partial charge is 0.0987 e. The molecule has 4 aromatic carbocycles. The van der Waals surface area contributed by atoms with Crippen LogP contribution in [0.15, 0.2) is 82.8 Å². The van der Waals surface area contributed by atoms with Crippen molar-refractivity contribution in [1.29, 1.82) is 0 Å². The summed E-state index contributed by atoms with van der Waals surface area (Å²) in [5, 5.41) is 11.1. The van der Waals surface area contributed by atoms with E-state index in [4.69, 9.17) is 9.98 Å². The Balaban J connectivity index is 1.65. The minimum absolute atomic E-state index is 0.862. The van der Waals surface area contributed by atoms with E-state index in [1.807, 2.05) is 12.1 Å². The molecule has 4 bridgehead atoms. The maximum atomic E-state index is 5.07. The van der Waals surface area contributed by atoms with E-state index >= 15 is 0 Å². The van der Waals surface area contributed by atoms with Crippen LogP contribution in [0.2, 0.25) is 0 Å². The van der Waals surface area contributed by atoms with Crippen LogP contribution in [0.5, 0.6) is 0 Å². The van der Waals surface area contributed by atoms with Crippen LogP contribution in [-0.2, 0) is 0 Å². The van der Waals surface area contributed by atoms with Gasteiger partial charge in [-0.05, 0) is 71.0 Å². The molecule has 0 amide bonds. The maximum Gasteiger partial charge on any atom is 0.0987 e. The molecule has 4 heteroatoms. The van der Waals surface area contributed by atoms with Crippen LogP contribution in [0.25, 0.3) is 12.2 Å². The lowest BCUT2D eigenvalue weighted by Crippen LogP contribution is -2.30. The molecule has 30 heavy (non-hydrogen) atoms. The quantitative estimate of drug-likeness (QED) is 0.419. The van der Waals surface area contributed by atoms with E-state index in [2.05, 4.69) is 83.4 Å². The van der Waals surface area contributed by atoms with Crippen LogP contribution in [0.4, 0.5) is 34.1 Å². The normalized spacial score (nSPS) is 13.6. The average molecular weight is 384 g/mol. The zero-order valence-electron chi connectivity index (χ0n) is 16.0. The van der Waals surface area contributed by atoms with Crippen molar-refractivity contribution in [3.8, 4) is 0 Å². The molecular weight excluding hydrogens is 368 g/mol. The molecule has 0 unspecified atom stereocenters. The van der Waals surface area contributed by atoms with Gasteiger partial charge in [0, 0.05) is 28.0 Å².